The van der Waals surface area contributed by atoms with E-state index in [9.17, 15) is 18.0 Å². The van der Waals surface area contributed by atoms with E-state index in [0.717, 1.165) is 0 Å². The number of hydrogen-bond donors (Lipinski definition) is 1. The van der Waals surface area contributed by atoms with Crippen molar-refractivity contribution in [1.29, 1.82) is 0 Å². The number of carbonyl (C=O) groups excluding carboxylic acids is 2. The lowest BCUT2D eigenvalue weighted by molar-refractivity contribution is -0.142. The molecule has 2 aliphatic heterocycles. The van der Waals surface area contributed by atoms with E-state index in [0.29, 0.717) is 18.0 Å². The van der Waals surface area contributed by atoms with Gasteiger partial charge in [-0.1, -0.05) is 6.07 Å². The Kier molecular flexibility index (Phi) is 4.67. The number of piperazine rings is 1. The normalized spacial score (nSPS) is 26.3. The number of carbonyl (C=O) groups is 2. The number of rotatable bonds is 3. The predicted octanol–water partition coefficient (Wildman–Crippen LogP) is 0.196. The number of thiophene rings is 1. The number of fused-ring (bicyclic) bond motifs is 1. The molecule has 1 aromatic heterocycles. The van der Waals surface area contributed by atoms with Crippen molar-refractivity contribution in [3.63, 3.8) is 0 Å². The van der Waals surface area contributed by atoms with Gasteiger partial charge in [0.05, 0.1) is 22.4 Å². The van der Waals surface area contributed by atoms with Crippen molar-refractivity contribution in [2.75, 3.05) is 31.6 Å². The van der Waals surface area contributed by atoms with Crippen molar-refractivity contribution in [3.8, 4) is 0 Å². The van der Waals surface area contributed by atoms with Gasteiger partial charge in [-0.3, -0.25) is 14.5 Å². The summed E-state index contributed by atoms with van der Waals surface area (Å²) in [6, 6.07) is 2.96. The van der Waals surface area contributed by atoms with Gasteiger partial charge in [-0.2, -0.15) is 0 Å². The van der Waals surface area contributed by atoms with Crippen LogP contribution in [0.4, 0.5) is 0 Å². The number of hydrogen-bond acceptors (Lipinski definition) is 6. The second-order valence-electron chi connectivity index (χ2n) is 7.25. The summed E-state index contributed by atoms with van der Waals surface area (Å²) in [4.78, 5) is 29.6. The fraction of sp³-hybridized carbons (Fsp3) is 0.625. The van der Waals surface area contributed by atoms with Crippen LogP contribution in [0.3, 0.4) is 0 Å². The Hall–Kier alpha value is -1.45. The standard InChI is InChI=1S/C16H23N3O4S2/c1-16(2,17-14(20)13-5-4-8-24-13)15(21)19-7-6-18(3)11-9-25(22,23)10-12(11)19/h4-5,8,11-12H,6-7,9-10H2,1-3H3,(H,17,20)/t11-,12+/m0/s1. The monoisotopic (exact) mass is 385 g/mol. The Balaban J connectivity index is 1.78. The average molecular weight is 386 g/mol. The van der Waals surface area contributed by atoms with E-state index < -0.39 is 15.4 Å². The van der Waals surface area contributed by atoms with Crippen LogP contribution in [0.1, 0.15) is 23.5 Å². The second-order valence-corrected chi connectivity index (χ2v) is 10.3. The largest absolute Gasteiger partial charge is 0.337 e. The average Bonchev–Trinajstić information content (AvgIpc) is 3.13. The summed E-state index contributed by atoms with van der Waals surface area (Å²) < 4.78 is 24.1. The highest BCUT2D eigenvalue weighted by Crippen LogP contribution is 2.28. The van der Waals surface area contributed by atoms with Crippen molar-refractivity contribution in [1.82, 2.24) is 15.1 Å². The molecule has 0 saturated carbocycles. The SMILES string of the molecule is CN1CCN(C(=O)C(C)(C)NC(=O)c2cccs2)[C@@H]2CS(=O)(=O)C[C@@H]21. The van der Waals surface area contributed by atoms with E-state index in [2.05, 4.69) is 5.32 Å². The zero-order valence-electron chi connectivity index (χ0n) is 14.6. The molecule has 7 nitrogen and oxygen atoms in total. The molecule has 0 aromatic carbocycles. The molecule has 0 bridgehead atoms. The lowest BCUT2D eigenvalue weighted by Gasteiger charge is -2.44. The first-order valence-corrected chi connectivity index (χ1v) is 10.9. The first kappa shape index (κ1) is 18.3. The first-order valence-electron chi connectivity index (χ1n) is 8.18. The van der Waals surface area contributed by atoms with Crippen LogP contribution < -0.4 is 5.32 Å². The summed E-state index contributed by atoms with van der Waals surface area (Å²) in [5.41, 5.74) is -1.10. The van der Waals surface area contributed by atoms with Crippen LogP contribution in [0.15, 0.2) is 17.5 Å². The molecule has 2 atom stereocenters. The van der Waals surface area contributed by atoms with Gasteiger partial charge in [-0.25, -0.2) is 8.42 Å². The Morgan fingerprint density at radius 3 is 2.56 bits per heavy atom. The Bertz CT molecular complexity index is 773. The molecule has 25 heavy (non-hydrogen) atoms. The van der Waals surface area contributed by atoms with Crippen LogP contribution >= 0.6 is 11.3 Å². The molecule has 3 rings (SSSR count). The van der Waals surface area contributed by atoms with Gasteiger partial charge in [0.25, 0.3) is 5.91 Å². The van der Waals surface area contributed by atoms with Gasteiger partial charge >= 0.3 is 0 Å². The smallest absolute Gasteiger partial charge is 0.262 e. The lowest BCUT2D eigenvalue weighted by atomic mass is 9.98. The number of nitrogens with zero attached hydrogens (tertiary/aromatic N) is 2. The summed E-state index contributed by atoms with van der Waals surface area (Å²) in [5.74, 6) is -0.460. The van der Waals surface area contributed by atoms with Crippen LogP contribution in [-0.2, 0) is 14.6 Å². The minimum Gasteiger partial charge on any atom is -0.337 e. The van der Waals surface area contributed by atoms with Crippen LogP contribution in [0.5, 0.6) is 0 Å². The minimum atomic E-state index is -3.15. The van der Waals surface area contributed by atoms with E-state index in [1.54, 1.807) is 36.3 Å². The highest BCUT2D eigenvalue weighted by Gasteiger charge is 2.49. The highest BCUT2D eigenvalue weighted by atomic mass is 32.2. The molecule has 1 N–H and O–H groups in total. The molecular weight excluding hydrogens is 362 g/mol. The quantitative estimate of drug-likeness (QED) is 0.803. The van der Waals surface area contributed by atoms with Gasteiger partial charge in [0, 0.05) is 19.1 Å². The number of nitrogens with one attached hydrogen (secondary N) is 1. The van der Waals surface area contributed by atoms with Gasteiger partial charge in [0.1, 0.15) is 5.54 Å². The fourth-order valence-corrected chi connectivity index (χ4v) is 6.22. The van der Waals surface area contributed by atoms with Crippen molar-refractivity contribution < 1.29 is 18.0 Å². The Morgan fingerprint density at radius 1 is 1.24 bits per heavy atom. The van der Waals surface area contributed by atoms with Gasteiger partial charge in [-0.15, -0.1) is 11.3 Å². The highest BCUT2D eigenvalue weighted by molar-refractivity contribution is 7.91. The lowest BCUT2D eigenvalue weighted by Crippen LogP contribution is -2.65. The van der Waals surface area contributed by atoms with Crippen LogP contribution in [0.2, 0.25) is 0 Å². The van der Waals surface area contributed by atoms with E-state index in [1.807, 2.05) is 11.9 Å². The Morgan fingerprint density at radius 2 is 1.92 bits per heavy atom. The number of amides is 2. The molecule has 0 spiro atoms. The molecule has 0 radical (unpaired) electrons. The maximum Gasteiger partial charge on any atom is 0.262 e. The molecule has 2 aliphatic rings. The van der Waals surface area contributed by atoms with E-state index in [-0.39, 0.29) is 35.4 Å². The third-order valence-corrected chi connectivity index (χ3v) is 7.49. The van der Waals surface area contributed by atoms with E-state index >= 15 is 0 Å². The summed E-state index contributed by atoms with van der Waals surface area (Å²) in [6.07, 6.45) is 0. The summed E-state index contributed by atoms with van der Waals surface area (Å²) in [5, 5.41) is 4.59. The zero-order chi connectivity index (χ0) is 18.4. The van der Waals surface area contributed by atoms with Crippen molar-refractivity contribution >= 4 is 33.0 Å². The molecule has 1 aromatic rings. The molecule has 3 heterocycles. The molecule has 138 valence electrons. The van der Waals surface area contributed by atoms with E-state index in [4.69, 9.17) is 0 Å². The summed E-state index contributed by atoms with van der Waals surface area (Å²) in [7, 11) is -1.26. The van der Waals surface area contributed by atoms with Gasteiger partial charge in [-0.05, 0) is 32.3 Å². The van der Waals surface area contributed by atoms with Crippen molar-refractivity contribution in [2.24, 2.45) is 0 Å². The van der Waals surface area contributed by atoms with Crippen LogP contribution in [-0.4, -0.2) is 79.3 Å². The van der Waals surface area contributed by atoms with Crippen molar-refractivity contribution in [2.45, 2.75) is 31.5 Å². The third kappa shape index (κ3) is 3.58. The van der Waals surface area contributed by atoms with Crippen LogP contribution in [0.25, 0.3) is 0 Å². The zero-order valence-corrected chi connectivity index (χ0v) is 16.2. The third-order valence-electron chi connectivity index (χ3n) is 4.92. The molecule has 0 aliphatic carbocycles. The Labute approximate surface area is 151 Å². The van der Waals surface area contributed by atoms with Crippen LogP contribution in [0, 0.1) is 0 Å². The summed E-state index contributed by atoms with van der Waals surface area (Å²) >= 11 is 1.31. The van der Waals surface area contributed by atoms with Gasteiger partial charge < -0.3 is 10.2 Å². The molecule has 2 fully saturated rings. The maximum absolute atomic E-state index is 13.1. The molecule has 2 amide bonds. The molecule has 0 unspecified atom stereocenters. The predicted molar refractivity (Wildman–Crippen MR) is 96.4 cm³/mol. The number of sulfone groups is 1. The maximum atomic E-state index is 13.1. The number of likely N-dealkylation sites (N-methyl/N-ethyl adjacent to an activating group) is 1. The van der Waals surface area contributed by atoms with Crippen molar-refractivity contribution in [3.05, 3.63) is 22.4 Å². The fourth-order valence-electron chi connectivity index (χ4n) is 3.54. The molecule has 9 heteroatoms. The second kappa shape index (κ2) is 6.37. The summed E-state index contributed by atoms with van der Waals surface area (Å²) in [6.45, 7) is 4.41. The van der Waals surface area contributed by atoms with E-state index in [1.165, 1.54) is 11.3 Å². The minimum absolute atomic E-state index is 0.0112. The molecule has 2 saturated heterocycles. The topological polar surface area (TPSA) is 86.8 Å². The first-order chi connectivity index (χ1) is 11.6. The van der Waals surface area contributed by atoms with Gasteiger partial charge in [0.15, 0.2) is 9.84 Å². The molecular formula is C16H23N3O4S2. The van der Waals surface area contributed by atoms with Gasteiger partial charge in [0.2, 0.25) is 5.91 Å².